The Hall–Kier alpha value is -2.34. The first-order chi connectivity index (χ1) is 12.4. The highest BCUT2D eigenvalue weighted by molar-refractivity contribution is 6.30. The maximum Gasteiger partial charge on any atom is 0.336 e. The summed E-state index contributed by atoms with van der Waals surface area (Å²) in [6, 6.07) is 6.74. The number of rotatable bonds is 6. The minimum atomic E-state index is -0.907. The molecule has 0 amide bonds. The van der Waals surface area contributed by atoms with Crippen LogP contribution in [0, 0.1) is 0 Å². The zero-order valence-corrected chi connectivity index (χ0v) is 15.7. The fourth-order valence-corrected chi connectivity index (χ4v) is 3.11. The second-order valence-corrected chi connectivity index (χ2v) is 6.24. The lowest BCUT2D eigenvalue weighted by molar-refractivity contribution is -0.139. The standard InChI is InChI=1S/C19H21ClFNO4/c1-4-8-26-19(24)15-11(2)22-14(10-21)17(18(23)25-3)16(15)12-6-5-7-13(20)9-12/h5-7,9,16,22H,4,8,10H2,1-3H3. The molecule has 1 aromatic rings. The normalized spacial score (nSPS) is 17.0. The summed E-state index contributed by atoms with van der Waals surface area (Å²) in [4.78, 5) is 25.1. The lowest BCUT2D eigenvalue weighted by atomic mass is 9.80. The number of ether oxygens (including phenoxy) is 2. The highest BCUT2D eigenvalue weighted by atomic mass is 35.5. The second kappa shape index (κ2) is 8.85. The fourth-order valence-electron chi connectivity index (χ4n) is 2.92. The van der Waals surface area contributed by atoms with Crippen molar-refractivity contribution in [1.29, 1.82) is 0 Å². The van der Waals surface area contributed by atoms with Crippen LogP contribution >= 0.6 is 11.6 Å². The minimum absolute atomic E-state index is 0.0336. The van der Waals surface area contributed by atoms with Crippen LogP contribution in [0.5, 0.6) is 0 Å². The van der Waals surface area contributed by atoms with Gasteiger partial charge in [0.1, 0.15) is 6.67 Å². The van der Waals surface area contributed by atoms with Crippen molar-refractivity contribution in [1.82, 2.24) is 5.32 Å². The van der Waals surface area contributed by atoms with Crippen LogP contribution in [-0.4, -0.2) is 32.3 Å². The van der Waals surface area contributed by atoms with Crippen LogP contribution in [-0.2, 0) is 19.1 Å². The van der Waals surface area contributed by atoms with Gasteiger partial charge in [0.15, 0.2) is 0 Å². The van der Waals surface area contributed by atoms with E-state index in [2.05, 4.69) is 5.32 Å². The third kappa shape index (κ3) is 4.07. The van der Waals surface area contributed by atoms with E-state index in [1.165, 1.54) is 7.11 Å². The fraction of sp³-hybridized carbons (Fsp3) is 0.368. The van der Waals surface area contributed by atoms with Gasteiger partial charge in [-0.3, -0.25) is 0 Å². The topological polar surface area (TPSA) is 64.6 Å². The lowest BCUT2D eigenvalue weighted by Gasteiger charge is -2.30. The van der Waals surface area contributed by atoms with Crippen molar-refractivity contribution in [2.45, 2.75) is 26.2 Å². The number of methoxy groups -OCH3 is 1. The van der Waals surface area contributed by atoms with E-state index in [1.54, 1.807) is 31.2 Å². The number of hydrogen-bond acceptors (Lipinski definition) is 5. The van der Waals surface area contributed by atoms with Gasteiger partial charge in [-0.05, 0) is 31.0 Å². The molecule has 1 heterocycles. The zero-order valence-electron chi connectivity index (χ0n) is 14.9. The highest BCUT2D eigenvalue weighted by Crippen LogP contribution is 2.40. The summed E-state index contributed by atoms with van der Waals surface area (Å²) in [6.07, 6.45) is 0.656. The minimum Gasteiger partial charge on any atom is -0.466 e. The molecule has 1 atom stereocenters. The summed E-state index contributed by atoms with van der Waals surface area (Å²) in [7, 11) is 1.21. The van der Waals surface area contributed by atoms with Gasteiger partial charge in [-0.15, -0.1) is 0 Å². The highest BCUT2D eigenvalue weighted by Gasteiger charge is 2.38. The Morgan fingerprint density at radius 3 is 2.58 bits per heavy atom. The zero-order chi connectivity index (χ0) is 19.3. The number of dihydropyridines is 1. The van der Waals surface area contributed by atoms with Gasteiger partial charge in [-0.2, -0.15) is 0 Å². The number of hydrogen-bond donors (Lipinski definition) is 1. The first-order valence-corrected chi connectivity index (χ1v) is 8.60. The second-order valence-electron chi connectivity index (χ2n) is 5.81. The number of carbonyl (C=O) groups excluding carboxylic acids is 2. The summed E-state index contributed by atoms with van der Waals surface area (Å²) < 4.78 is 23.7. The van der Waals surface area contributed by atoms with Crippen molar-refractivity contribution in [3.63, 3.8) is 0 Å². The first-order valence-electron chi connectivity index (χ1n) is 8.22. The summed E-state index contributed by atoms with van der Waals surface area (Å²) in [5.74, 6) is -2.12. The number of allylic oxidation sites excluding steroid dienone is 2. The molecule has 1 aliphatic rings. The average molecular weight is 382 g/mol. The average Bonchev–Trinajstić information content (AvgIpc) is 2.64. The Kier molecular flexibility index (Phi) is 6.80. The van der Waals surface area contributed by atoms with Crippen molar-refractivity contribution in [3.05, 3.63) is 57.4 Å². The van der Waals surface area contributed by atoms with Crippen molar-refractivity contribution >= 4 is 23.5 Å². The number of nitrogens with one attached hydrogen (secondary N) is 1. The van der Waals surface area contributed by atoms with Crippen LogP contribution in [0.25, 0.3) is 0 Å². The van der Waals surface area contributed by atoms with Crippen molar-refractivity contribution in [2.24, 2.45) is 0 Å². The molecule has 140 valence electrons. The summed E-state index contributed by atoms with van der Waals surface area (Å²) in [5, 5.41) is 3.24. The molecule has 0 saturated heterocycles. The molecule has 1 N–H and O–H groups in total. The Morgan fingerprint density at radius 2 is 2.00 bits per heavy atom. The maximum atomic E-state index is 13.6. The number of halogens is 2. The van der Waals surface area contributed by atoms with E-state index in [-0.39, 0.29) is 23.5 Å². The van der Waals surface area contributed by atoms with E-state index in [9.17, 15) is 14.0 Å². The molecular formula is C19H21ClFNO4. The van der Waals surface area contributed by atoms with Gasteiger partial charge in [0.2, 0.25) is 0 Å². The smallest absolute Gasteiger partial charge is 0.336 e. The quantitative estimate of drug-likeness (QED) is 0.762. The number of carbonyl (C=O) groups is 2. The Balaban J connectivity index is 2.65. The van der Waals surface area contributed by atoms with E-state index in [0.717, 1.165) is 0 Å². The van der Waals surface area contributed by atoms with E-state index in [1.807, 2.05) is 6.92 Å². The predicted molar refractivity (Wildman–Crippen MR) is 96.3 cm³/mol. The summed E-state index contributed by atoms with van der Waals surface area (Å²) in [5.41, 5.74) is 1.33. The number of esters is 2. The van der Waals surface area contributed by atoms with Crippen LogP contribution in [0.1, 0.15) is 31.7 Å². The molecule has 1 aliphatic heterocycles. The summed E-state index contributed by atoms with van der Waals surface area (Å²) >= 11 is 6.09. The largest absolute Gasteiger partial charge is 0.466 e. The van der Waals surface area contributed by atoms with Crippen molar-refractivity contribution < 1.29 is 23.5 Å². The van der Waals surface area contributed by atoms with Gasteiger partial charge >= 0.3 is 11.9 Å². The third-order valence-corrected chi connectivity index (χ3v) is 4.26. The molecule has 0 aliphatic carbocycles. The van der Waals surface area contributed by atoms with E-state index in [4.69, 9.17) is 21.1 Å². The van der Waals surface area contributed by atoms with Gasteiger partial charge in [0.05, 0.1) is 36.5 Å². The van der Waals surface area contributed by atoms with E-state index >= 15 is 0 Å². The lowest BCUT2D eigenvalue weighted by Crippen LogP contribution is -2.33. The monoisotopic (exact) mass is 381 g/mol. The van der Waals surface area contributed by atoms with E-state index in [0.29, 0.717) is 22.7 Å². The Morgan fingerprint density at radius 1 is 1.27 bits per heavy atom. The Bertz CT molecular complexity index is 773. The molecule has 7 heteroatoms. The van der Waals surface area contributed by atoms with Gasteiger partial charge in [-0.1, -0.05) is 30.7 Å². The number of alkyl halides is 1. The van der Waals surface area contributed by atoms with Gasteiger partial charge in [-0.25, -0.2) is 14.0 Å². The van der Waals surface area contributed by atoms with Gasteiger partial charge in [0, 0.05) is 10.7 Å². The van der Waals surface area contributed by atoms with Crippen LogP contribution < -0.4 is 5.32 Å². The molecule has 0 aromatic heterocycles. The van der Waals surface area contributed by atoms with Crippen LogP contribution in [0.3, 0.4) is 0 Å². The maximum absolute atomic E-state index is 13.6. The molecule has 2 rings (SSSR count). The molecule has 0 saturated carbocycles. The van der Waals surface area contributed by atoms with Crippen molar-refractivity contribution in [2.75, 3.05) is 20.4 Å². The molecular weight excluding hydrogens is 361 g/mol. The van der Waals surface area contributed by atoms with Crippen molar-refractivity contribution in [3.8, 4) is 0 Å². The Labute approximate surface area is 156 Å². The molecule has 5 nitrogen and oxygen atoms in total. The third-order valence-electron chi connectivity index (χ3n) is 4.02. The molecule has 1 aromatic carbocycles. The first kappa shape index (κ1) is 20.0. The van der Waals surface area contributed by atoms with Crippen LogP contribution in [0.15, 0.2) is 46.8 Å². The molecule has 0 bridgehead atoms. The van der Waals surface area contributed by atoms with Crippen LogP contribution in [0.4, 0.5) is 4.39 Å². The molecule has 0 spiro atoms. The molecule has 1 unspecified atom stereocenters. The molecule has 0 radical (unpaired) electrons. The molecule has 26 heavy (non-hydrogen) atoms. The SMILES string of the molecule is CCCOC(=O)C1=C(C)NC(CF)=C(C(=O)OC)C1c1cccc(Cl)c1. The van der Waals surface area contributed by atoms with Gasteiger partial charge < -0.3 is 14.8 Å². The van der Waals surface area contributed by atoms with Gasteiger partial charge in [0.25, 0.3) is 0 Å². The molecule has 0 fully saturated rings. The predicted octanol–water partition coefficient (Wildman–Crippen LogP) is 3.65. The van der Waals surface area contributed by atoms with E-state index < -0.39 is 24.5 Å². The van der Waals surface area contributed by atoms with Crippen LogP contribution in [0.2, 0.25) is 5.02 Å². The summed E-state index contributed by atoms with van der Waals surface area (Å²) in [6.45, 7) is 2.86. The number of benzene rings is 1.